The molecule has 0 amide bonds. The fourth-order valence-corrected chi connectivity index (χ4v) is 4.07. The van der Waals surface area contributed by atoms with Crippen molar-refractivity contribution in [2.75, 3.05) is 17.7 Å². The minimum atomic E-state index is -0.379. The SMILES string of the molecule is CNc1cc([N+](=O)[O-])cc(NC(C)C2CC3CCC2C3)n1. The molecule has 4 atom stereocenters. The Morgan fingerprint density at radius 1 is 1.33 bits per heavy atom. The van der Waals surface area contributed by atoms with Crippen LogP contribution in [0, 0.1) is 27.9 Å². The molecular formula is C15H22N4O2. The first-order valence-electron chi connectivity index (χ1n) is 7.67. The van der Waals surface area contributed by atoms with Crippen molar-refractivity contribution in [1.29, 1.82) is 0 Å². The molecule has 2 aliphatic carbocycles. The maximum absolute atomic E-state index is 11.0. The van der Waals surface area contributed by atoms with E-state index in [4.69, 9.17) is 0 Å². The second-order valence-corrected chi connectivity index (χ2v) is 6.37. The predicted molar refractivity (Wildman–Crippen MR) is 82.5 cm³/mol. The molecule has 2 fully saturated rings. The molecule has 2 saturated carbocycles. The van der Waals surface area contributed by atoms with Crippen LogP contribution < -0.4 is 10.6 Å². The van der Waals surface area contributed by atoms with Gasteiger partial charge in [-0.1, -0.05) is 6.42 Å². The van der Waals surface area contributed by atoms with E-state index in [2.05, 4.69) is 22.5 Å². The third kappa shape index (κ3) is 2.80. The lowest BCUT2D eigenvalue weighted by molar-refractivity contribution is -0.384. The van der Waals surface area contributed by atoms with Gasteiger partial charge in [-0.15, -0.1) is 0 Å². The van der Waals surface area contributed by atoms with E-state index in [-0.39, 0.29) is 10.6 Å². The van der Waals surface area contributed by atoms with Crippen molar-refractivity contribution in [1.82, 2.24) is 4.98 Å². The van der Waals surface area contributed by atoms with E-state index in [1.807, 2.05) is 0 Å². The quantitative estimate of drug-likeness (QED) is 0.642. The molecule has 1 aromatic rings. The van der Waals surface area contributed by atoms with Crippen molar-refractivity contribution in [2.24, 2.45) is 17.8 Å². The average molecular weight is 290 g/mol. The summed E-state index contributed by atoms with van der Waals surface area (Å²) in [6.07, 6.45) is 5.37. The number of nitro groups is 1. The molecule has 2 bridgehead atoms. The highest BCUT2D eigenvalue weighted by Crippen LogP contribution is 2.49. The maximum atomic E-state index is 11.0. The molecule has 1 heterocycles. The standard InChI is InChI=1S/C15H22N4O2/c1-9(13-6-10-3-4-11(13)5-10)17-15-8-12(19(20)21)7-14(16-2)18-15/h7-11,13H,3-6H2,1-2H3,(H2,16,17,18). The molecule has 0 saturated heterocycles. The number of anilines is 2. The van der Waals surface area contributed by atoms with Crippen LogP contribution in [-0.2, 0) is 0 Å². The first kappa shape index (κ1) is 14.1. The molecule has 0 spiro atoms. The molecule has 0 radical (unpaired) electrons. The summed E-state index contributed by atoms with van der Waals surface area (Å²) in [6, 6.07) is 3.28. The number of pyridine rings is 1. The molecule has 114 valence electrons. The van der Waals surface area contributed by atoms with Crippen LogP contribution in [0.2, 0.25) is 0 Å². The van der Waals surface area contributed by atoms with E-state index in [9.17, 15) is 10.1 Å². The van der Waals surface area contributed by atoms with Gasteiger partial charge in [0.05, 0.1) is 17.1 Å². The monoisotopic (exact) mass is 290 g/mol. The zero-order valence-corrected chi connectivity index (χ0v) is 12.5. The number of nitrogens with one attached hydrogen (secondary N) is 2. The van der Waals surface area contributed by atoms with Crippen LogP contribution in [0.25, 0.3) is 0 Å². The Labute approximate surface area is 124 Å². The van der Waals surface area contributed by atoms with Crippen molar-refractivity contribution < 1.29 is 4.92 Å². The van der Waals surface area contributed by atoms with Crippen LogP contribution in [0.3, 0.4) is 0 Å². The highest BCUT2D eigenvalue weighted by atomic mass is 16.6. The largest absolute Gasteiger partial charge is 0.373 e. The summed E-state index contributed by atoms with van der Waals surface area (Å²) in [5, 5.41) is 17.2. The zero-order chi connectivity index (χ0) is 15.0. The van der Waals surface area contributed by atoms with Gasteiger partial charge in [-0.3, -0.25) is 10.1 Å². The minimum absolute atomic E-state index is 0.0667. The molecule has 6 nitrogen and oxygen atoms in total. The summed E-state index contributed by atoms with van der Waals surface area (Å²) in [7, 11) is 1.72. The molecule has 2 aliphatic rings. The summed E-state index contributed by atoms with van der Waals surface area (Å²) in [6.45, 7) is 2.17. The Hall–Kier alpha value is -1.85. The van der Waals surface area contributed by atoms with E-state index < -0.39 is 0 Å². The number of nitrogens with zero attached hydrogens (tertiary/aromatic N) is 2. The summed E-state index contributed by atoms with van der Waals surface area (Å²) in [4.78, 5) is 15.0. The first-order chi connectivity index (χ1) is 10.1. The maximum Gasteiger partial charge on any atom is 0.276 e. The van der Waals surface area contributed by atoms with E-state index in [0.717, 1.165) is 11.8 Å². The van der Waals surface area contributed by atoms with Crippen LogP contribution >= 0.6 is 0 Å². The van der Waals surface area contributed by atoms with Crippen molar-refractivity contribution >= 4 is 17.3 Å². The van der Waals surface area contributed by atoms with Gasteiger partial charge in [-0.25, -0.2) is 4.98 Å². The predicted octanol–water partition coefficient (Wildman–Crippen LogP) is 3.27. The van der Waals surface area contributed by atoms with Gasteiger partial charge in [0.15, 0.2) is 0 Å². The second-order valence-electron chi connectivity index (χ2n) is 6.37. The van der Waals surface area contributed by atoms with Crippen LogP contribution in [-0.4, -0.2) is 23.0 Å². The number of hydrogen-bond donors (Lipinski definition) is 2. The van der Waals surface area contributed by atoms with Gasteiger partial charge in [0, 0.05) is 13.1 Å². The highest BCUT2D eigenvalue weighted by Gasteiger charge is 2.41. The summed E-state index contributed by atoms with van der Waals surface area (Å²) in [5.41, 5.74) is 0.0667. The van der Waals surface area contributed by atoms with Gasteiger partial charge in [0.1, 0.15) is 11.6 Å². The van der Waals surface area contributed by atoms with Gasteiger partial charge in [-0.05, 0) is 43.9 Å². The second kappa shape index (κ2) is 5.50. The topological polar surface area (TPSA) is 80.1 Å². The molecule has 4 unspecified atom stereocenters. The molecule has 1 aromatic heterocycles. The van der Waals surface area contributed by atoms with Gasteiger partial charge < -0.3 is 10.6 Å². The number of hydrogen-bond acceptors (Lipinski definition) is 5. The van der Waals surface area contributed by atoms with Crippen LogP contribution in [0.15, 0.2) is 12.1 Å². The first-order valence-corrected chi connectivity index (χ1v) is 7.67. The van der Waals surface area contributed by atoms with E-state index >= 15 is 0 Å². The fourth-order valence-electron chi connectivity index (χ4n) is 4.07. The minimum Gasteiger partial charge on any atom is -0.373 e. The van der Waals surface area contributed by atoms with Crippen molar-refractivity contribution in [3.63, 3.8) is 0 Å². The normalized spacial score (nSPS) is 28.4. The Morgan fingerprint density at radius 2 is 2.10 bits per heavy atom. The number of fused-ring (bicyclic) bond motifs is 2. The van der Waals surface area contributed by atoms with Crippen molar-refractivity contribution in [2.45, 2.75) is 38.6 Å². The van der Waals surface area contributed by atoms with Gasteiger partial charge in [0.25, 0.3) is 5.69 Å². The molecule has 2 N–H and O–H groups in total. The Balaban J connectivity index is 1.74. The lowest BCUT2D eigenvalue weighted by Crippen LogP contribution is -2.30. The third-order valence-electron chi connectivity index (χ3n) is 5.09. The summed E-state index contributed by atoms with van der Waals surface area (Å²) in [5.74, 6) is 3.49. The van der Waals surface area contributed by atoms with Gasteiger partial charge in [0.2, 0.25) is 0 Å². The Morgan fingerprint density at radius 3 is 2.67 bits per heavy atom. The molecule has 0 aliphatic heterocycles. The zero-order valence-electron chi connectivity index (χ0n) is 12.5. The van der Waals surface area contributed by atoms with Crippen molar-refractivity contribution in [3.05, 3.63) is 22.2 Å². The molecular weight excluding hydrogens is 268 g/mol. The lowest BCUT2D eigenvalue weighted by Gasteiger charge is -2.28. The van der Waals surface area contributed by atoms with Crippen LogP contribution in [0.1, 0.15) is 32.6 Å². The Bertz CT molecular complexity index is 548. The smallest absolute Gasteiger partial charge is 0.276 e. The number of aromatic nitrogens is 1. The molecule has 3 rings (SSSR count). The highest BCUT2D eigenvalue weighted by molar-refractivity contribution is 5.54. The van der Waals surface area contributed by atoms with Crippen molar-refractivity contribution in [3.8, 4) is 0 Å². The molecule has 6 heteroatoms. The molecule has 21 heavy (non-hydrogen) atoms. The van der Waals surface area contributed by atoms with E-state index in [1.165, 1.54) is 37.8 Å². The van der Waals surface area contributed by atoms with E-state index in [1.54, 1.807) is 7.05 Å². The molecule has 0 aromatic carbocycles. The average Bonchev–Trinajstić information content (AvgIpc) is 3.09. The van der Waals surface area contributed by atoms with Gasteiger partial charge in [-0.2, -0.15) is 0 Å². The third-order valence-corrected chi connectivity index (χ3v) is 5.09. The van der Waals surface area contributed by atoms with Gasteiger partial charge >= 0.3 is 0 Å². The van der Waals surface area contributed by atoms with Crippen LogP contribution in [0.4, 0.5) is 17.3 Å². The number of rotatable bonds is 5. The summed E-state index contributed by atoms with van der Waals surface area (Å²) < 4.78 is 0. The van der Waals surface area contributed by atoms with E-state index in [0.29, 0.717) is 23.6 Å². The Kier molecular flexibility index (Phi) is 3.69. The fraction of sp³-hybridized carbons (Fsp3) is 0.667. The lowest BCUT2D eigenvalue weighted by atomic mass is 9.84. The summed E-state index contributed by atoms with van der Waals surface area (Å²) >= 11 is 0. The van der Waals surface area contributed by atoms with Crippen LogP contribution in [0.5, 0.6) is 0 Å².